The van der Waals surface area contributed by atoms with Gasteiger partial charge in [-0.15, -0.1) is 0 Å². The number of nitrogens with two attached hydrogens (primary N) is 1. The Labute approximate surface area is 116 Å². The highest BCUT2D eigenvalue weighted by atomic mass is 79.9. The van der Waals surface area contributed by atoms with E-state index in [0.29, 0.717) is 19.8 Å². The van der Waals surface area contributed by atoms with E-state index in [1.54, 1.807) is 13.3 Å². The van der Waals surface area contributed by atoms with E-state index < -0.39 is 0 Å². The molecule has 1 heterocycles. The smallest absolute Gasteiger partial charge is 0.0709 e. The number of hydrogen-bond acceptors (Lipinski definition) is 5. The van der Waals surface area contributed by atoms with Gasteiger partial charge < -0.3 is 9.47 Å². The van der Waals surface area contributed by atoms with Crippen LogP contribution in [-0.2, 0) is 16.0 Å². The minimum Gasteiger partial charge on any atom is -0.382 e. The minimum atomic E-state index is 0.0179. The highest BCUT2D eigenvalue weighted by Crippen LogP contribution is 2.25. The number of ether oxygens (including phenoxy) is 2. The molecular weight excluding hydrogens is 300 g/mol. The van der Waals surface area contributed by atoms with E-state index in [4.69, 9.17) is 15.3 Å². The average Bonchev–Trinajstić information content (AvgIpc) is 2.75. The first-order chi connectivity index (χ1) is 8.74. The second kappa shape index (κ2) is 8.60. The molecule has 1 atom stereocenters. The summed E-state index contributed by atoms with van der Waals surface area (Å²) in [6.45, 7) is 4.69. The molecule has 0 aliphatic carbocycles. The zero-order valence-corrected chi connectivity index (χ0v) is 12.4. The summed E-state index contributed by atoms with van der Waals surface area (Å²) >= 11 is 3.49. The van der Waals surface area contributed by atoms with Gasteiger partial charge in [-0.05, 0) is 29.3 Å². The van der Waals surface area contributed by atoms with Gasteiger partial charge in [0.25, 0.3) is 0 Å². The summed E-state index contributed by atoms with van der Waals surface area (Å²) in [7, 11) is 1.66. The molecule has 0 radical (unpaired) electrons. The van der Waals surface area contributed by atoms with Gasteiger partial charge in [0, 0.05) is 20.3 Å². The van der Waals surface area contributed by atoms with Gasteiger partial charge in [0.1, 0.15) is 0 Å². The molecule has 0 spiro atoms. The summed E-state index contributed by atoms with van der Waals surface area (Å²) < 4.78 is 13.3. The average molecular weight is 321 g/mol. The van der Waals surface area contributed by atoms with Crippen molar-refractivity contribution in [3.05, 3.63) is 16.4 Å². The Morgan fingerprint density at radius 2 is 2.28 bits per heavy atom. The number of halogens is 1. The maximum atomic E-state index is 5.61. The van der Waals surface area contributed by atoms with Crippen LogP contribution < -0.4 is 11.3 Å². The van der Waals surface area contributed by atoms with Crippen molar-refractivity contribution in [3.63, 3.8) is 0 Å². The molecule has 0 bridgehead atoms. The predicted molar refractivity (Wildman–Crippen MR) is 73.0 cm³/mol. The molecule has 3 N–H and O–H groups in total. The maximum absolute atomic E-state index is 5.61. The highest BCUT2D eigenvalue weighted by molar-refractivity contribution is 9.10. The molecule has 6 nitrogen and oxygen atoms in total. The predicted octanol–water partition coefficient (Wildman–Crippen LogP) is 1.22. The van der Waals surface area contributed by atoms with Crippen LogP contribution in [0.4, 0.5) is 0 Å². The van der Waals surface area contributed by atoms with E-state index in [1.807, 2.05) is 11.6 Å². The van der Waals surface area contributed by atoms with E-state index >= 15 is 0 Å². The number of rotatable bonds is 9. The largest absolute Gasteiger partial charge is 0.382 e. The van der Waals surface area contributed by atoms with E-state index in [1.165, 1.54) is 0 Å². The molecule has 18 heavy (non-hydrogen) atoms. The summed E-state index contributed by atoms with van der Waals surface area (Å²) in [5, 5.41) is 4.27. The number of hydrazine groups is 1. The molecule has 104 valence electrons. The van der Waals surface area contributed by atoms with Crippen LogP contribution >= 0.6 is 15.9 Å². The van der Waals surface area contributed by atoms with Crippen LogP contribution in [0.3, 0.4) is 0 Å². The Bertz CT molecular complexity index is 346. The SMILES string of the molecule is CCn1ncc(Br)c1C(CCOCCOC)NN. The zero-order valence-electron chi connectivity index (χ0n) is 10.9. The normalized spacial score (nSPS) is 12.9. The Hall–Kier alpha value is -0.470. The van der Waals surface area contributed by atoms with Crippen LogP contribution in [0, 0.1) is 0 Å². The third-order valence-corrected chi connectivity index (χ3v) is 3.26. The monoisotopic (exact) mass is 320 g/mol. The molecule has 0 saturated heterocycles. The lowest BCUT2D eigenvalue weighted by Crippen LogP contribution is -2.31. The van der Waals surface area contributed by atoms with Crippen molar-refractivity contribution in [1.29, 1.82) is 0 Å². The van der Waals surface area contributed by atoms with Gasteiger partial charge in [-0.3, -0.25) is 16.0 Å². The highest BCUT2D eigenvalue weighted by Gasteiger charge is 2.18. The summed E-state index contributed by atoms with van der Waals surface area (Å²) in [6.07, 6.45) is 2.57. The van der Waals surface area contributed by atoms with Crippen LogP contribution in [0.2, 0.25) is 0 Å². The molecule has 0 fully saturated rings. The Kier molecular flexibility index (Phi) is 7.45. The molecule has 1 rings (SSSR count). The lowest BCUT2D eigenvalue weighted by molar-refractivity contribution is 0.0654. The molecule has 7 heteroatoms. The van der Waals surface area contributed by atoms with Gasteiger partial charge in [-0.25, -0.2) is 0 Å². The molecule has 0 aliphatic heterocycles. The molecular formula is C11H21BrN4O2. The number of nitrogens with zero attached hydrogens (tertiary/aromatic N) is 2. The van der Waals surface area contributed by atoms with Crippen LogP contribution in [0.15, 0.2) is 10.7 Å². The number of aromatic nitrogens is 2. The summed E-state index contributed by atoms with van der Waals surface area (Å²) in [6, 6.07) is 0.0179. The van der Waals surface area contributed by atoms with Crippen LogP contribution in [0.5, 0.6) is 0 Å². The number of aryl methyl sites for hydroxylation is 1. The minimum absolute atomic E-state index is 0.0179. The molecule has 0 amide bonds. The Morgan fingerprint density at radius 3 is 2.89 bits per heavy atom. The second-order valence-corrected chi connectivity index (χ2v) is 4.66. The fourth-order valence-corrected chi connectivity index (χ4v) is 2.29. The van der Waals surface area contributed by atoms with Crippen LogP contribution in [0.1, 0.15) is 25.1 Å². The second-order valence-electron chi connectivity index (χ2n) is 3.81. The number of nitrogens with one attached hydrogen (secondary N) is 1. The topological polar surface area (TPSA) is 74.3 Å². The summed E-state index contributed by atoms with van der Waals surface area (Å²) in [5.41, 5.74) is 3.86. The zero-order chi connectivity index (χ0) is 13.4. The standard InChI is InChI=1S/C11H21BrN4O2/c1-3-16-11(9(12)8-14-16)10(15-13)4-5-18-7-6-17-2/h8,10,15H,3-7,13H2,1-2H3. The third kappa shape index (κ3) is 4.33. The molecule has 0 aliphatic rings. The van der Waals surface area contributed by atoms with E-state index in [2.05, 4.69) is 26.5 Å². The van der Waals surface area contributed by atoms with Crippen molar-refractivity contribution < 1.29 is 9.47 Å². The van der Waals surface area contributed by atoms with Crippen molar-refractivity contribution in [2.45, 2.75) is 25.9 Å². The molecule has 0 saturated carbocycles. The van der Waals surface area contributed by atoms with E-state index in [9.17, 15) is 0 Å². The quantitative estimate of drug-likeness (QED) is 0.406. The summed E-state index contributed by atoms with van der Waals surface area (Å²) in [4.78, 5) is 0. The molecule has 0 aromatic carbocycles. The summed E-state index contributed by atoms with van der Waals surface area (Å²) in [5.74, 6) is 5.61. The van der Waals surface area contributed by atoms with Crippen molar-refractivity contribution in [2.75, 3.05) is 26.9 Å². The van der Waals surface area contributed by atoms with Crippen molar-refractivity contribution in [2.24, 2.45) is 5.84 Å². The lowest BCUT2D eigenvalue weighted by atomic mass is 10.1. The van der Waals surface area contributed by atoms with Gasteiger partial charge in [-0.1, -0.05) is 0 Å². The van der Waals surface area contributed by atoms with Gasteiger partial charge in [0.15, 0.2) is 0 Å². The fourth-order valence-electron chi connectivity index (χ4n) is 1.71. The number of methoxy groups -OCH3 is 1. The van der Waals surface area contributed by atoms with Crippen LogP contribution in [-0.4, -0.2) is 36.7 Å². The van der Waals surface area contributed by atoms with Gasteiger partial charge in [0.05, 0.1) is 35.6 Å². The first-order valence-electron chi connectivity index (χ1n) is 5.98. The molecule has 1 unspecified atom stereocenters. The first-order valence-corrected chi connectivity index (χ1v) is 6.77. The van der Waals surface area contributed by atoms with E-state index in [-0.39, 0.29) is 6.04 Å². The van der Waals surface area contributed by atoms with E-state index in [0.717, 1.165) is 23.1 Å². The first kappa shape index (κ1) is 15.6. The van der Waals surface area contributed by atoms with Crippen molar-refractivity contribution in [1.82, 2.24) is 15.2 Å². The van der Waals surface area contributed by atoms with Crippen LogP contribution in [0.25, 0.3) is 0 Å². The fraction of sp³-hybridized carbons (Fsp3) is 0.727. The van der Waals surface area contributed by atoms with Crippen molar-refractivity contribution >= 4 is 15.9 Å². The van der Waals surface area contributed by atoms with Crippen molar-refractivity contribution in [3.8, 4) is 0 Å². The van der Waals surface area contributed by atoms with Gasteiger partial charge in [-0.2, -0.15) is 5.10 Å². The van der Waals surface area contributed by atoms with Gasteiger partial charge in [0.2, 0.25) is 0 Å². The maximum Gasteiger partial charge on any atom is 0.0709 e. The third-order valence-electron chi connectivity index (χ3n) is 2.65. The Balaban J connectivity index is 2.52. The lowest BCUT2D eigenvalue weighted by Gasteiger charge is -2.18. The number of hydrogen-bond donors (Lipinski definition) is 2. The van der Waals surface area contributed by atoms with Gasteiger partial charge >= 0.3 is 0 Å². The molecule has 1 aromatic rings. The Morgan fingerprint density at radius 1 is 1.50 bits per heavy atom. The molecule has 1 aromatic heterocycles.